The summed E-state index contributed by atoms with van der Waals surface area (Å²) in [5.41, 5.74) is 6.59. The van der Waals surface area contributed by atoms with Crippen molar-refractivity contribution in [2.75, 3.05) is 18.4 Å². The van der Waals surface area contributed by atoms with Crippen LogP contribution in [0.4, 0.5) is 5.95 Å². The summed E-state index contributed by atoms with van der Waals surface area (Å²) in [6, 6.07) is 1.83. The summed E-state index contributed by atoms with van der Waals surface area (Å²) in [4.78, 5) is 8.66. The summed E-state index contributed by atoms with van der Waals surface area (Å²) in [7, 11) is 0. The average Bonchev–Trinajstić information content (AvgIpc) is 2.25. The lowest BCUT2D eigenvalue weighted by Crippen LogP contribution is -2.31. The molecule has 0 bridgehead atoms. The number of nitrogens with two attached hydrogens (primary N) is 1. The van der Waals surface area contributed by atoms with Crippen LogP contribution < -0.4 is 15.8 Å². The predicted octanol–water partition coefficient (Wildman–Crippen LogP) is 1.97. The van der Waals surface area contributed by atoms with E-state index in [-0.39, 0.29) is 11.5 Å². The van der Waals surface area contributed by atoms with Crippen LogP contribution in [0.5, 0.6) is 5.88 Å². The second-order valence-corrected chi connectivity index (χ2v) is 5.56. The number of nitrogens with zero attached hydrogens (tertiary/aromatic N) is 2. The number of aryl methyl sites for hydroxylation is 1. The largest absolute Gasteiger partial charge is 0.475 e. The van der Waals surface area contributed by atoms with Gasteiger partial charge in [-0.1, -0.05) is 13.8 Å². The standard InChI is InChI=1S/C13H24N4O/c1-9(2)18-11-6-10(3)16-12(17-11)15-8-13(4,5)7-14/h6,9H,7-8,14H2,1-5H3,(H,15,16,17). The molecule has 1 aromatic heterocycles. The van der Waals surface area contributed by atoms with Gasteiger partial charge in [-0.3, -0.25) is 0 Å². The molecule has 18 heavy (non-hydrogen) atoms. The number of hydrogen-bond acceptors (Lipinski definition) is 5. The average molecular weight is 252 g/mol. The fourth-order valence-corrected chi connectivity index (χ4v) is 1.31. The fraction of sp³-hybridized carbons (Fsp3) is 0.692. The first-order valence-corrected chi connectivity index (χ1v) is 6.29. The first-order valence-electron chi connectivity index (χ1n) is 6.29. The maximum Gasteiger partial charge on any atom is 0.226 e. The molecule has 0 aliphatic heterocycles. The quantitative estimate of drug-likeness (QED) is 0.809. The molecule has 0 aliphatic rings. The van der Waals surface area contributed by atoms with Gasteiger partial charge in [-0.25, -0.2) is 4.98 Å². The van der Waals surface area contributed by atoms with E-state index in [0.29, 0.717) is 18.4 Å². The van der Waals surface area contributed by atoms with Crippen LogP contribution in [0.25, 0.3) is 0 Å². The highest BCUT2D eigenvalue weighted by atomic mass is 16.5. The first kappa shape index (κ1) is 14.7. The SMILES string of the molecule is Cc1cc(OC(C)C)nc(NCC(C)(C)CN)n1. The molecule has 1 aromatic rings. The molecular weight excluding hydrogens is 228 g/mol. The third kappa shape index (κ3) is 4.87. The van der Waals surface area contributed by atoms with Crippen LogP contribution >= 0.6 is 0 Å². The van der Waals surface area contributed by atoms with Crippen LogP contribution in [-0.4, -0.2) is 29.2 Å². The van der Waals surface area contributed by atoms with Crippen molar-refractivity contribution in [2.24, 2.45) is 11.1 Å². The highest BCUT2D eigenvalue weighted by molar-refractivity contribution is 5.31. The van der Waals surface area contributed by atoms with Crippen LogP contribution in [-0.2, 0) is 0 Å². The Morgan fingerprint density at radius 2 is 2.06 bits per heavy atom. The highest BCUT2D eigenvalue weighted by Crippen LogP contribution is 2.16. The van der Waals surface area contributed by atoms with Crippen molar-refractivity contribution >= 4 is 5.95 Å². The minimum atomic E-state index is 0.0200. The van der Waals surface area contributed by atoms with Crippen molar-refractivity contribution in [3.05, 3.63) is 11.8 Å². The number of hydrogen-bond donors (Lipinski definition) is 2. The van der Waals surface area contributed by atoms with Gasteiger partial charge in [0.15, 0.2) is 0 Å². The Morgan fingerprint density at radius 3 is 2.61 bits per heavy atom. The number of ether oxygens (including phenoxy) is 1. The monoisotopic (exact) mass is 252 g/mol. The minimum absolute atomic E-state index is 0.0200. The van der Waals surface area contributed by atoms with Crippen LogP contribution in [0.2, 0.25) is 0 Å². The molecule has 0 aliphatic carbocycles. The van der Waals surface area contributed by atoms with Gasteiger partial charge in [0.25, 0.3) is 0 Å². The molecule has 0 atom stereocenters. The zero-order valence-corrected chi connectivity index (χ0v) is 11.9. The molecule has 0 saturated carbocycles. The van der Waals surface area contributed by atoms with Crippen molar-refractivity contribution in [2.45, 2.75) is 40.7 Å². The molecule has 0 aromatic carbocycles. The van der Waals surface area contributed by atoms with Gasteiger partial charge in [-0.15, -0.1) is 0 Å². The molecule has 102 valence electrons. The Hall–Kier alpha value is -1.36. The topological polar surface area (TPSA) is 73.1 Å². The molecule has 5 heteroatoms. The zero-order chi connectivity index (χ0) is 13.8. The van der Waals surface area contributed by atoms with E-state index in [1.165, 1.54) is 0 Å². The van der Waals surface area contributed by atoms with E-state index in [2.05, 4.69) is 29.1 Å². The summed E-state index contributed by atoms with van der Waals surface area (Å²) in [5.74, 6) is 1.19. The lowest BCUT2D eigenvalue weighted by atomic mass is 9.94. The van der Waals surface area contributed by atoms with Gasteiger partial charge in [0.2, 0.25) is 11.8 Å². The molecule has 1 rings (SSSR count). The number of nitrogens with one attached hydrogen (secondary N) is 1. The maximum atomic E-state index is 5.69. The molecule has 0 fully saturated rings. The highest BCUT2D eigenvalue weighted by Gasteiger charge is 2.16. The molecule has 1 heterocycles. The second-order valence-electron chi connectivity index (χ2n) is 5.56. The van der Waals surface area contributed by atoms with Gasteiger partial charge in [0.1, 0.15) is 0 Å². The summed E-state index contributed by atoms with van der Waals surface area (Å²) >= 11 is 0. The summed E-state index contributed by atoms with van der Waals surface area (Å²) in [5, 5.41) is 3.21. The summed E-state index contributed by atoms with van der Waals surface area (Å²) < 4.78 is 5.58. The summed E-state index contributed by atoms with van der Waals surface area (Å²) in [6.07, 6.45) is 0.104. The lowest BCUT2D eigenvalue weighted by molar-refractivity contribution is 0.232. The summed E-state index contributed by atoms with van der Waals surface area (Å²) in [6.45, 7) is 11.4. The maximum absolute atomic E-state index is 5.69. The Bertz CT molecular complexity index is 391. The molecule has 0 saturated heterocycles. The lowest BCUT2D eigenvalue weighted by Gasteiger charge is -2.22. The van der Waals surface area contributed by atoms with Gasteiger partial charge in [0, 0.05) is 18.3 Å². The fourth-order valence-electron chi connectivity index (χ4n) is 1.31. The van der Waals surface area contributed by atoms with Crippen molar-refractivity contribution < 1.29 is 4.74 Å². The van der Waals surface area contributed by atoms with Crippen molar-refractivity contribution in [1.82, 2.24) is 9.97 Å². The van der Waals surface area contributed by atoms with E-state index in [0.717, 1.165) is 12.2 Å². The van der Waals surface area contributed by atoms with Crippen LogP contribution in [0.3, 0.4) is 0 Å². The third-order valence-electron chi connectivity index (χ3n) is 2.46. The zero-order valence-electron chi connectivity index (χ0n) is 11.9. The predicted molar refractivity (Wildman–Crippen MR) is 73.9 cm³/mol. The first-order chi connectivity index (χ1) is 8.32. The van der Waals surface area contributed by atoms with Crippen LogP contribution in [0, 0.1) is 12.3 Å². The normalized spacial score (nSPS) is 11.7. The van der Waals surface area contributed by atoms with E-state index in [1.54, 1.807) is 0 Å². The van der Waals surface area contributed by atoms with Crippen LogP contribution in [0.1, 0.15) is 33.4 Å². The minimum Gasteiger partial charge on any atom is -0.475 e. The van der Waals surface area contributed by atoms with Crippen molar-refractivity contribution in [3.63, 3.8) is 0 Å². The van der Waals surface area contributed by atoms with Crippen molar-refractivity contribution in [1.29, 1.82) is 0 Å². The molecular formula is C13H24N4O. The number of anilines is 1. The Kier molecular flexibility index (Phi) is 4.90. The van der Waals surface area contributed by atoms with Gasteiger partial charge in [0.05, 0.1) is 6.10 Å². The molecule has 5 nitrogen and oxygen atoms in total. The van der Waals surface area contributed by atoms with E-state index in [9.17, 15) is 0 Å². The van der Waals surface area contributed by atoms with Crippen molar-refractivity contribution in [3.8, 4) is 5.88 Å². The van der Waals surface area contributed by atoms with Gasteiger partial charge >= 0.3 is 0 Å². The third-order valence-corrected chi connectivity index (χ3v) is 2.46. The molecule has 3 N–H and O–H groups in total. The molecule has 0 unspecified atom stereocenters. The van der Waals surface area contributed by atoms with Crippen LogP contribution in [0.15, 0.2) is 6.07 Å². The van der Waals surface area contributed by atoms with E-state index in [1.807, 2.05) is 26.8 Å². The Labute approximate surface area is 109 Å². The van der Waals surface area contributed by atoms with Gasteiger partial charge in [-0.2, -0.15) is 4.98 Å². The second kappa shape index (κ2) is 6.00. The Morgan fingerprint density at radius 1 is 1.39 bits per heavy atom. The van der Waals surface area contributed by atoms with E-state index in [4.69, 9.17) is 10.5 Å². The van der Waals surface area contributed by atoms with Gasteiger partial charge < -0.3 is 15.8 Å². The van der Waals surface area contributed by atoms with Gasteiger partial charge in [-0.05, 0) is 32.7 Å². The molecule has 0 radical (unpaired) electrons. The molecule has 0 amide bonds. The van der Waals surface area contributed by atoms with E-state index >= 15 is 0 Å². The molecule has 0 spiro atoms. The Balaban J connectivity index is 2.74. The smallest absolute Gasteiger partial charge is 0.226 e. The van der Waals surface area contributed by atoms with E-state index < -0.39 is 0 Å². The number of rotatable bonds is 6. The number of aromatic nitrogens is 2.